The van der Waals surface area contributed by atoms with Crippen LogP contribution >= 0.6 is 0 Å². The molecule has 0 aliphatic carbocycles. The highest BCUT2D eigenvalue weighted by Crippen LogP contribution is 2.15. The molecule has 0 amide bonds. The molecule has 4 heteroatoms. The minimum Gasteiger partial charge on any atom is -0.480 e. The van der Waals surface area contributed by atoms with E-state index >= 15 is 0 Å². The van der Waals surface area contributed by atoms with Crippen molar-refractivity contribution < 1.29 is 9.90 Å². The van der Waals surface area contributed by atoms with E-state index in [1.165, 1.54) is 0 Å². The van der Waals surface area contributed by atoms with Crippen molar-refractivity contribution in [2.24, 2.45) is 17.6 Å². The zero-order chi connectivity index (χ0) is 15.1. The van der Waals surface area contributed by atoms with E-state index < -0.39 is 11.5 Å². The van der Waals surface area contributed by atoms with E-state index in [1.54, 1.807) is 0 Å². The number of nitrogens with two attached hydrogens (primary N) is 1. The van der Waals surface area contributed by atoms with Crippen LogP contribution in [-0.4, -0.2) is 41.1 Å². The van der Waals surface area contributed by atoms with Crippen molar-refractivity contribution in [3.63, 3.8) is 0 Å². The lowest BCUT2D eigenvalue weighted by Gasteiger charge is -2.28. The summed E-state index contributed by atoms with van der Waals surface area (Å²) in [5, 5.41) is 9.15. The highest BCUT2D eigenvalue weighted by atomic mass is 16.4. The van der Waals surface area contributed by atoms with Crippen LogP contribution in [0.15, 0.2) is 0 Å². The van der Waals surface area contributed by atoms with Gasteiger partial charge in [0.15, 0.2) is 0 Å². The fourth-order valence-corrected chi connectivity index (χ4v) is 2.34. The van der Waals surface area contributed by atoms with Crippen LogP contribution in [-0.2, 0) is 4.79 Å². The fraction of sp³-hybridized carbons (Fsp3) is 0.933. The van der Waals surface area contributed by atoms with Crippen LogP contribution in [0.1, 0.15) is 53.9 Å². The third kappa shape index (κ3) is 7.53. The predicted octanol–water partition coefficient (Wildman–Crippen LogP) is 2.57. The van der Waals surface area contributed by atoms with Crippen molar-refractivity contribution in [3.05, 3.63) is 0 Å². The molecule has 0 aromatic carbocycles. The molecule has 114 valence electrons. The molecule has 3 N–H and O–H groups in total. The number of rotatable bonds is 10. The molecule has 0 bridgehead atoms. The van der Waals surface area contributed by atoms with Crippen molar-refractivity contribution in [3.8, 4) is 0 Å². The molecule has 0 saturated heterocycles. The van der Waals surface area contributed by atoms with Crippen LogP contribution < -0.4 is 5.73 Å². The standard InChI is InChI=1S/C15H32N2O2/c1-6-15(16,14(18)19)8-7-9-17(10-12(2)3)11-13(4)5/h12-13H,6-11,16H2,1-5H3,(H,18,19). The minimum absolute atomic E-state index is 0.483. The van der Waals surface area contributed by atoms with Gasteiger partial charge in [0.1, 0.15) is 5.54 Å². The summed E-state index contributed by atoms with van der Waals surface area (Å²) in [6.45, 7) is 13.8. The number of carbonyl (C=O) groups is 1. The van der Waals surface area contributed by atoms with Gasteiger partial charge in [0, 0.05) is 13.1 Å². The van der Waals surface area contributed by atoms with Crippen molar-refractivity contribution >= 4 is 5.97 Å². The zero-order valence-corrected chi connectivity index (χ0v) is 13.3. The van der Waals surface area contributed by atoms with Crippen LogP contribution in [0.4, 0.5) is 0 Å². The van der Waals surface area contributed by atoms with Gasteiger partial charge in [-0.1, -0.05) is 34.6 Å². The Morgan fingerprint density at radius 2 is 1.68 bits per heavy atom. The van der Waals surface area contributed by atoms with Crippen molar-refractivity contribution in [2.45, 2.75) is 59.4 Å². The second-order valence-corrected chi connectivity index (χ2v) is 6.47. The number of aliphatic carboxylic acids is 1. The summed E-state index contributed by atoms with van der Waals surface area (Å²) in [6.07, 6.45) is 1.87. The summed E-state index contributed by atoms with van der Waals surface area (Å²) in [5.41, 5.74) is 4.86. The number of hydrogen-bond donors (Lipinski definition) is 2. The molecule has 19 heavy (non-hydrogen) atoms. The molecule has 1 atom stereocenters. The first-order valence-electron chi connectivity index (χ1n) is 7.46. The average Bonchev–Trinajstić information content (AvgIpc) is 2.26. The third-order valence-electron chi connectivity index (χ3n) is 3.40. The lowest BCUT2D eigenvalue weighted by molar-refractivity contribution is -0.143. The van der Waals surface area contributed by atoms with Gasteiger partial charge < -0.3 is 15.7 Å². The molecule has 0 aliphatic heterocycles. The molecule has 1 unspecified atom stereocenters. The summed E-state index contributed by atoms with van der Waals surface area (Å²) in [5.74, 6) is 0.383. The van der Waals surface area contributed by atoms with Gasteiger partial charge in [0.25, 0.3) is 0 Å². The summed E-state index contributed by atoms with van der Waals surface area (Å²) in [4.78, 5) is 13.6. The third-order valence-corrected chi connectivity index (χ3v) is 3.40. The van der Waals surface area contributed by atoms with E-state index in [0.717, 1.165) is 26.1 Å². The Hall–Kier alpha value is -0.610. The van der Waals surface area contributed by atoms with Crippen LogP contribution in [0.3, 0.4) is 0 Å². The minimum atomic E-state index is -1.05. The molecule has 0 heterocycles. The largest absolute Gasteiger partial charge is 0.480 e. The van der Waals surface area contributed by atoms with Gasteiger partial charge in [0.2, 0.25) is 0 Å². The smallest absolute Gasteiger partial charge is 0.323 e. The molecule has 0 spiro atoms. The summed E-state index contributed by atoms with van der Waals surface area (Å²) >= 11 is 0. The van der Waals surface area contributed by atoms with Gasteiger partial charge in [-0.25, -0.2) is 0 Å². The van der Waals surface area contributed by atoms with Gasteiger partial charge in [-0.05, 0) is 37.6 Å². The Labute approximate surface area is 118 Å². The molecule has 0 rings (SSSR count). The molecular formula is C15H32N2O2. The van der Waals surface area contributed by atoms with Crippen molar-refractivity contribution in [1.29, 1.82) is 0 Å². The second-order valence-electron chi connectivity index (χ2n) is 6.47. The Bertz CT molecular complexity index is 257. The first-order chi connectivity index (χ1) is 8.71. The predicted molar refractivity (Wildman–Crippen MR) is 80.2 cm³/mol. The van der Waals surface area contributed by atoms with Gasteiger partial charge in [-0.3, -0.25) is 4.79 Å². The Kier molecular flexibility index (Phi) is 8.26. The van der Waals surface area contributed by atoms with Crippen molar-refractivity contribution in [2.75, 3.05) is 19.6 Å². The van der Waals surface area contributed by atoms with E-state index in [9.17, 15) is 4.79 Å². The number of nitrogens with zero attached hydrogens (tertiary/aromatic N) is 1. The number of carboxylic acid groups (broad SMARTS) is 1. The van der Waals surface area contributed by atoms with Crippen LogP contribution in [0, 0.1) is 11.8 Å². The highest BCUT2D eigenvalue weighted by molar-refractivity contribution is 5.78. The highest BCUT2D eigenvalue weighted by Gasteiger charge is 2.31. The summed E-state index contributed by atoms with van der Waals surface area (Å²) in [6, 6.07) is 0. The topological polar surface area (TPSA) is 66.6 Å². The van der Waals surface area contributed by atoms with E-state index in [2.05, 4.69) is 32.6 Å². The Balaban J connectivity index is 4.27. The van der Waals surface area contributed by atoms with Gasteiger partial charge in [0.05, 0.1) is 0 Å². The molecule has 0 fully saturated rings. The van der Waals surface area contributed by atoms with Crippen LogP contribution in [0.2, 0.25) is 0 Å². The maximum absolute atomic E-state index is 11.1. The van der Waals surface area contributed by atoms with Crippen LogP contribution in [0.5, 0.6) is 0 Å². The Morgan fingerprint density at radius 3 is 2.00 bits per heavy atom. The van der Waals surface area contributed by atoms with E-state index in [-0.39, 0.29) is 0 Å². The van der Waals surface area contributed by atoms with Gasteiger partial charge >= 0.3 is 5.97 Å². The average molecular weight is 272 g/mol. The first-order valence-corrected chi connectivity index (χ1v) is 7.46. The van der Waals surface area contributed by atoms with E-state index in [0.29, 0.717) is 24.7 Å². The van der Waals surface area contributed by atoms with Crippen molar-refractivity contribution in [1.82, 2.24) is 4.90 Å². The molecular weight excluding hydrogens is 240 g/mol. The molecule has 0 aliphatic rings. The lowest BCUT2D eigenvalue weighted by Crippen LogP contribution is -2.48. The van der Waals surface area contributed by atoms with E-state index in [1.807, 2.05) is 6.92 Å². The molecule has 0 radical (unpaired) electrons. The fourth-order valence-electron chi connectivity index (χ4n) is 2.34. The molecule has 0 saturated carbocycles. The van der Waals surface area contributed by atoms with Gasteiger partial charge in [-0.2, -0.15) is 0 Å². The summed E-state index contributed by atoms with van der Waals surface area (Å²) in [7, 11) is 0. The number of hydrogen-bond acceptors (Lipinski definition) is 3. The first kappa shape index (κ1) is 18.4. The van der Waals surface area contributed by atoms with Gasteiger partial charge in [-0.15, -0.1) is 0 Å². The maximum atomic E-state index is 11.1. The zero-order valence-electron chi connectivity index (χ0n) is 13.3. The molecule has 0 aromatic heterocycles. The van der Waals surface area contributed by atoms with Crippen LogP contribution in [0.25, 0.3) is 0 Å². The summed E-state index contributed by atoms with van der Waals surface area (Å²) < 4.78 is 0. The quantitative estimate of drug-likeness (QED) is 0.641. The monoisotopic (exact) mass is 272 g/mol. The van der Waals surface area contributed by atoms with E-state index in [4.69, 9.17) is 10.8 Å². The number of carboxylic acids is 1. The second kappa shape index (κ2) is 8.54. The SMILES string of the molecule is CCC(N)(CCCN(CC(C)C)CC(C)C)C(=O)O. The lowest BCUT2D eigenvalue weighted by atomic mass is 9.91. The molecule has 4 nitrogen and oxygen atoms in total. The normalized spacial score (nSPS) is 15.2. The molecule has 0 aromatic rings. The Morgan fingerprint density at radius 1 is 1.21 bits per heavy atom. The maximum Gasteiger partial charge on any atom is 0.323 e.